The molecule has 0 saturated carbocycles. The number of rotatable bonds is 1. The quantitative estimate of drug-likeness (QED) is 0.711. The van der Waals surface area contributed by atoms with Crippen molar-refractivity contribution in [1.82, 2.24) is 4.98 Å². The molecule has 0 spiro atoms. The molecular formula is C16H12ClFN2. The van der Waals surface area contributed by atoms with Gasteiger partial charge >= 0.3 is 0 Å². The van der Waals surface area contributed by atoms with Gasteiger partial charge in [-0.25, -0.2) is 9.37 Å². The van der Waals surface area contributed by atoms with E-state index in [9.17, 15) is 4.39 Å². The maximum Gasteiger partial charge on any atom is 0.143 e. The van der Waals surface area contributed by atoms with Gasteiger partial charge in [-0.1, -0.05) is 41.9 Å². The summed E-state index contributed by atoms with van der Waals surface area (Å²) in [6, 6.07) is 12.5. The van der Waals surface area contributed by atoms with Crippen molar-refractivity contribution in [2.75, 3.05) is 5.73 Å². The van der Waals surface area contributed by atoms with Gasteiger partial charge in [0.15, 0.2) is 0 Å². The number of nitrogens with two attached hydrogens (primary N) is 1. The van der Waals surface area contributed by atoms with E-state index in [-0.39, 0.29) is 5.02 Å². The molecule has 0 atom stereocenters. The van der Waals surface area contributed by atoms with Crippen molar-refractivity contribution in [3.63, 3.8) is 0 Å². The molecule has 0 fully saturated rings. The van der Waals surface area contributed by atoms with Crippen LogP contribution in [0.5, 0.6) is 0 Å². The summed E-state index contributed by atoms with van der Waals surface area (Å²) in [5.41, 5.74) is 9.82. The molecule has 0 unspecified atom stereocenters. The van der Waals surface area contributed by atoms with Gasteiger partial charge in [-0.05, 0) is 18.6 Å². The standard InChI is InChI=1S/C16H12ClFN2/c1-9-15(19)11-7-12(17)13(18)8-14(11)20-16(9)10-5-3-2-4-6-10/h2-8H,1H3,(H2,19,20). The van der Waals surface area contributed by atoms with E-state index >= 15 is 0 Å². The van der Waals surface area contributed by atoms with E-state index in [0.29, 0.717) is 16.6 Å². The van der Waals surface area contributed by atoms with Crippen LogP contribution in [-0.4, -0.2) is 4.98 Å². The topological polar surface area (TPSA) is 38.9 Å². The molecule has 1 heterocycles. The van der Waals surface area contributed by atoms with Crippen molar-refractivity contribution in [2.24, 2.45) is 0 Å². The lowest BCUT2D eigenvalue weighted by Gasteiger charge is -2.12. The number of nitrogens with zero attached hydrogens (tertiary/aromatic N) is 1. The predicted octanol–water partition coefficient (Wildman–Crippen LogP) is 4.58. The minimum Gasteiger partial charge on any atom is -0.398 e. The number of pyridine rings is 1. The highest BCUT2D eigenvalue weighted by Gasteiger charge is 2.13. The van der Waals surface area contributed by atoms with Crippen LogP contribution in [0, 0.1) is 12.7 Å². The average molecular weight is 287 g/mol. The van der Waals surface area contributed by atoms with Crippen LogP contribution in [0.1, 0.15) is 5.56 Å². The van der Waals surface area contributed by atoms with Crippen molar-refractivity contribution in [3.05, 3.63) is 58.9 Å². The molecule has 3 rings (SSSR count). The first-order valence-electron chi connectivity index (χ1n) is 6.18. The Balaban J connectivity index is 2.36. The summed E-state index contributed by atoms with van der Waals surface area (Å²) < 4.78 is 13.6. The summed E-state index contributed by atoms with van der Waals surface area (Å²) in [6.45, 7) is 1.90. The highest BCUT2D eigenvalue weighted by Crippen LogP contribution is 2.33. The number of fused-ring (bicyclic) bond motifs is 1. The molecule has 20 heavy (non-hydrogen) atoms. The maximum atomic E-state index is 13.6. The van der Waals surface area contributed by atoms with Crippen molar-refractivity contribution in [2.45, 2.75) is 6.92 Å². The first-order chi connectivity index (χ1) is 9.58. The Morgan fingerprint density at radius 2 is 1.85 bits per heavy atom. The number of aromatic nitrogens is 1. The zero-order valence-corrected chi connectivity index (χ0v) is 11.6. The zero-order valence-electron chi connectivity index (χ0n) is 10.8. The van der Waals surface area contributed by atoms with Gasteiger partial charge in [-0.15, -0.1) is 0 Å². The van der Waals surface area contributed by atoms with Crippen LogP contribution in [0.3, 0.4) is 0 Å². The largest absolute Gasteiger partial charge is 0.398 e. The zero-order chi connectivity index (χ0) is 14.3. The number of anilines is 1. The number of hydrogen-bond donors (Lipinski definition) is 1. The van der Waals surface area contributed by atoms with E-state index in [1.165, 1.54) is 12.1 Å². The second-order valence-electron chi connectivity index (χ2n) is 4.65. The molecular weight excluding hydrogens is 275 g/mol. The average Bonchev–Trinajstić information content (AvgIpc) is 2.46. The first kappa shape index (κ1) is 12.9. The lowest BCUT2D eigenvalue weighted by molar-refractivity contribution is 0.630. The van der Waals surface area contributed by atoms with Gasteiger partial charge in [0.1, 0.15) is 5.82 Å². The van der Waals surface area contributed by atoms with Crippen LogP contribution in [0.2, 0.25) is 5.02 Å². The molecule has 2 aromatic carbocycles. The van der Waals surface area contributed by atoms with Crippen LogP contribution in [-0.2, 0) is 0 Å². The smallest absolute Gasteiger partial charge is 0.143 e. The molecule has 0 radical (unpaired) electrons. The maximum absolute atomic E-state index is 13.6. The van der Waals surface area contributed by atoms with E-state index in [4.69, 9.17) is 17.3 Å². The Bertz CT molecular complexity index is 801. The SMILES string of the molecule is Cc1c(-c2ccccc2)nc2cc(F)c(Cl)cc2c1N. The Labute approximate surface area is 121 Å². The molecule has 100 valence electrons. The Morgan fingerprint density at radius 3 is 2.55 bits per heavy atom. The third-order valence-corrected chi connectivity index (χ3v) is 3.66. The van der Waals surface area contributed by atoms with Gasteiger partial charge in [0.25, 0.3) is 0 Å². The highest BCUT2D eigenvalue weighted by molar-refractivity contribution is 6.31. The van der Waals surface area contributed by atoms with Gasteiger partial charge in [-0.3, -0.25) is 0 Å². The van der Waals surface area contributed by atoms with E-state index in [1.54, 1.807) is 0 Å². The summed E-state index contributed by atoms with van der Waals surface area (Å²) in [5.74, 6) is -0.492. The second-order valence-corrected chi connectivity index (χ2v) is 5.06. The lowest BCUT2D eigenvalue weighted by Crippen LogP contribution is -1.98. The fourth-order valence-corrected chi connectivity index (χ4v) is 2.42. The molecule has 3 aromatic rings. The van der Waals surface area contributed by atoms with Crippen molar-refractivity contribution < 1.29 is 4.39 Å². The number of nitrogen functional groups attached to an aromatic ring is 1. The molecule has 0 saturated heterocycles. The molecule has 0 bridgehead atoms. The molecule has 0 aliphatic heterocycles. The molecule has 0 aliphatic carbocycles. The monoisotopic (exact) mass is 286 g/mol. The lowest BCUT2D eigenvalue weighted by atomic mass is 10.0. The molecule has 0 amide bonds. The van der Waals surface area contributed by atoms with Crippen LogP contribution in [0.15, 0.2) is 42.5 Å². The number of benzene rings is 2. The van der Waals surface area contributed by atoms with Gasteiger partial charge in [-0.2, -0.15) is 0 Å². The minimum absolute atomic E-state index is 0.0536. The van der Waals surface area contributed by atoms with Gasteiger partial charge in [0.05, 0.1) is 16.2 Å². The van der Waals surface area contributed by atoms with E-state index in [1.807, 2.05) is 37.3 Å². The normalized spacial score (nSPS) is 10.9. The molecule has 2 N–H and O–H groups in total. The second kappa shape index (κ2) is 4.76. The van der Waals surface area contributed by atoms with E-state index < -0.39 is 5.82 Å². The molecule has 2 nitrogen and oxygen atoms in total. The van der Waals surface area contributed by atoms with Gasteiger partial charge in [0.2, 0.25) is 0 Å². The Morgan fingerprint density at radius 1 is 1.15 bits per heavy atom. The van der Waals surface area contributed by atoms with Crippen LogP contribution >= 0.6 is 11.6 Å². The summed E-state index contributed by atoms with van der Waals surface area (Å²) >= 11 is 5.81. The first-order valence-corrected chi connectivity index (χ1v) is 6.56. The highest BCUT2D eigenvalue weighted by atomic mass is 35.5. The van der Waals surface area contributed by atoms with E-state index in [2.05, 4.69) is 4.98 Å². The van der Waals surface area contributed by atoms with Crippen molar-refractivity contribution >= 4 is 28.2 Å². The van der Waals surface area contributed by atoms with Crippen LogP contribution < -0.4 is 5.73 Å². The Kier molecular flexibility index (Phi) is 3.07. The van der Waals surface area contributed by atoms with Gasteiger partial charge in [0, 0.05) is 22.7 Å². The number of hydrogen-bond acceptors (Lipinski definition) is 2. The third-order valence-electron chi connectivity index (χ3n) is 3.37. The van der Waals surface area contributed by atoms with Crippen molar-refractivity contribution in [1.29, 1.82) is 0 Å². The molecule has 1 aromatic heterocycles. The summed E-state index contributed by atoms with van der Waals surface area (Å²) in [4.78, 5) is 4.53. The number of halogens is 2. The summed E-state index contributed by atoms with van der Waals surface area (Å²) in [5, 5.41) is 0.728. The summed E-state index contributed by atoms with van der Waals surface area (Å²) in [7, 11) is 0. The van der Waals surface area contributed by atoms with Crippen LogP contribution in [0.4, 0.5) is 10.1 Å². The fraction of sp³-hybridized carbons (Fsp3) is 0.0625. The third kappa shape index (κ3) is 2.00. The molecule has 4 heteroatoms. The minimum atomic E-state index is -0.492. The summed E-state index contributed by atoms with van der Waals surface area (Å²) in [6.07, 6.45) is 0. The van der Waals surface area contributed by atoms with Crippen molar-refractivity contribution in [3.8, 4) is 11.3 Å². The van der Waals surface area contributed by atoms with Gasteiger partial charge < -0.3 is 5.73 Å². The van der Waals surface area contributed by atoms with E-state index in [0.717, 1.165) is 16.8 Å². The predicted molar refractivity (Wildman–Crippen MR) is 81.3 cm³/mol. The Hall–Kier alpha value is -2.13. The molecule has 0 aliphatic rings. The fourth-order valence-electron chi connectivity index (χ4n) is 2.26. The van der Waals surface area contributed by atoms with Crippen LogP contribution in [0.25, 0.3) is 22.2 Å².